The molecule has 1 rings (SSSR count). The van der Waals surface area contributed by atoms with E-state index in [2.05, 4.69) is 0 Å². The number of hydrogen-bond acceptors (Lipinski definition) is 1. The molecule has 0 saturated carbocycles. The van der Waals surface area contributed by atoms with Crippen molar-refractivity contribution in [2.45, 2.75) is 37.0 Å². The summed E-state index contributed by atoms with van der Waals surface area (Å²) in [5, 5.41) is 9.18. The maximum Gasteiger partial charge on any atom is 0.456 e. The Balaban J connectivity index is 3.01. The van der Waals surface area contributed by atoms with Crippen LogP contribution in [0.25, 0.3) is 0 Å². The fraction of sp³-hybridized carbons (Fsp3) is 0.750. The van der Waals surface area contributed by atoms with Crippen LogP contribution in [0.15, 0.2) is 12.2 Å². The number of hydrogen-bond donors (Lipinski definition) is 1. The Kier molecular flexibility index (Phi) is 2.60. The Morgan fingerprint density at radius 2 is 1.71 bits per heavy atom. The predicted molar refractivity (Wildman–Crippen MR) is 38.9 cm³/mol. The van der Waals surface area contributed by atoms with E-state index in [0.717, 1.165) is 6.08 Å². The first-order valence-corrected chi connectivity index (χ1v) is 4.05. The van der Waals surface area contributed by atoms with Crippen molar-refractivity contribution in [3.05, 3.63) is 12.2 Å². The lowest BCUT2D eigenvalue weighted by Gasteiger charge is -2.36. The van der Waals surface area contributed by atoms with Gasteiger partial charge in [-0.15, -0.1) is 0 Å². The summed E-state index contributed by atoms with van der Waals surface area (Å²) < 4.78 is 61.3. The van der Waals surface area contributed by atoms with E-state index < -0.39 is 24.1 Å². The molecule has 0 aromatic rings. The van der Waals surface area contributed by atoms with Crippen molar-refractivity contribution >= 4 is 0 Å². The molecule has 1 N–H and O–H groups in total. The molecule has 1 aliphatic carbocycles. The van der Waals surface area contributed by atoms with Gasteiger partial charge in [0.2, 0.25) is 0 Å². The molecule has 0 aliphatic heterocycles. The lowest BCUT2D eigenvalue weighted by molar-refractivity contribution is -0.332. The molecular weight excluding hydrogens is 207 g/mol. The van der Waals surface area contributed by atoms with E-state index in [1.54, 1.807) is 0 Å². The van der Waals surface area contributed by atoms with Crippen molar-refractivity contribution in [3.63, 3.8) is 0 Å². The molecule has 1 unspecified atom stereocenters. The van der Waals surface area contributed by atoms with E-state index in [4.69, 9.17) is 0 Å². The highest BCUT2D eigenvalue weighted by atomic mass is 19.4. The third-order valence-corrected chi connectivity index (χ3v) is 2.22. The van der Waals surface area contributed by atoms with Gasteiger partial charge in [-0.25, -0.2) is 0 Å². The lowest BCUT2D eigenvalue weighted by Crippen LogP contribution is -2.56. The summed E-state index contributed by atoms with van der Waals surface area (Å²) in [6.07, 6.45) is -4.07. The first-order valence-electron chi connectivity index (χ1n) is 4.05. The average Bonchev–Trinajstić information content (AvgIpc) is 2.03. The van der Waals surface area contributed by atoms with Crippen molar-refractivity contribution in [1.82, 2.24) is 0 Å². The van der Waals surface area contributed by atoms with E-state index in [0.29, 0.717) is 12.5 Å². The van der Waals surface area contributed by atoms with Crippen molar-refractivity contribution in [1.29, 1.82) is 0 Å². The molecule has 0 aromatic carbocycles. The molecule has 0 heterocycles. The van der Waals surface area contributed by atoms with Crippen LogP contribution in [0.3, 0.4) is 0 Å². The van der Waals surface area contributed by atoms with Gasteiger partial charge in [-0.3, -0.25) is 0 Å². The topological polar surface area (TPSA) is 20.2 Å². The first-order chi connectivity index (χ1) is 6.21. The Bertz CT molecular complexity index is 245. The molecule has 0 radical (unpaired) electrons. The molecule has 0 bridgehead atoms. The van der Waals surface area contributed by atoms with Crippen LogP contribution in [-0.4, -0.2) is 22.8 Å². The van der Waals surface area contributed by atoms with Crippen LogP contribution in [0, 0.1) is 0 Å². The standard InChI is InChI=1S/C8H9F5O/c9-7(10,8(11,12)13)6(14)4-2-1-3-5-6/h2,4,14H,1,3,5H2. The summed E-state index contributed by atoms with van der Waals surface area (Å²) in [7, 11) is 0. The third-order valence-electron chi connectivity index (χ3n) is 2.22. The third kappa shape index (κ3) is 1.63. The highest BCUT2D eigenvalue weighted by Gasteiger charge is 2.68. The number of alkyl halides is 5. The summed E-state index contributed by atoms with van der Waals surface area (Å²) in [4.78, 5) is 0. The van der Waals surface area contributed by atoms with E-state index in [1.165, 1.54) is 0 Å². The molecule has 14 heavy (non-hydrogen) atoms. The number of allylic oxidation sites excluding steroid dienone is 1. The first kappa shape index (κ1) is 11.4. The molecule has 1 nitrogen and oxygen atoms in total. The molecule has 82 valence electrons. The van der Waals surface area contributed by atoms with Crippen LogP contribution in [0.4, 0.5) is 22.0 Å². The molecular formula is C8H9F5O. The van der Waals surface area contributed by atoms with Crippen LogP contribution in [0.2, 0.25) is 0 Å². The zero-order chi connectivity index (χ0) is 11.0. The van der Waals surface area contributed by atoms with Gasteiger partial charge in [0.05, 0.1) is 0 Å². The van der Waals surface area contributed by atoms with Gasteiger partial charge in [0.15, 0.2) is 5.60 Å². The van der Waals surface area contributed by atoms with E-state index in [1.807, 2.05) is 0 Å². The maximum atomic E-state index is 12.8. The highest BCUT2D eigenvalue weighted by molar-refractivity contribution is 5.13. The molecule has 0 aromatic heterocycles. The molecule has 0 spiro atoms. The number of aliphatic hydroxyl groups is 1. The molecule has 0 amide bonds. The van der Waals surface area contributed by atoms with Crippen LogP contribution in [0.1, 0.15) is 19.3 Å². The van der Waals surface area contributed by atoms with Gasteiger partial charge >= 0.3 is 12.1 Å². The van der Waals surface area contributed by atoms with Gasteiger partial charge in [0, 0.05) is 0 Å². The number of halogens is 5. The van der Waals surface area contributed by atoms with Crippen LogP contribution in [-0.2, 0) is 0 Å². The predicted octanol–water partition coefficient (Wildman–Crippen LogP) is 2.66. The van der Waals surface area contributed by atoms with Gasteiger partial charge < -0.3 is 5.11 Å². The second-order valence-corrected chi connectivity index (χ2v) is 3.29. The quantitative estimate of drug-likeness (QED) is 0.527. The van der Waals surface area contributed by atoms with Crippen molar-refractivity contribution < 1.29 is 27.1 Å². The fourth-order valence-corrected chi connectivity index (χ4v) is 1.36. The summed E-state index contributed by atoms with van der Waals surface area (Å²) in [6.45, 7) is 0. The Hall–Kier alpha value is -0.650. The van der Waals surface area contributed by atoms with Crippen LogP contribution >= 0.6 is 0 Å². The molecule has 6 heteroatoms. The molecule has 1 atom stereocenters. The Labute approximate surface area is 77.2 Å². The van der Waals surface area contributed by atoms with Gasteiger partial charge in [-0.05, 0) is 19.3 Å². The molecule has 1 aliphatic rings. The fourth-order valence-electron chi connectivity index (χ4n) is 1.36. The lowest BCUT2D eigenvalue weighted by atomic mass is 9.85. The monoisotopic (exact) mass is 216 g/mol. The zero-order valence-electron chi connectivity index (χ0n) is 7.11. The minimum absolute atomic E-state index is 0.124. The highest BCUT2D eigenvalue weighted by Crippen LogP contribution is 2.47. The maximum absolute atomic E-state index is 12.8. The van der Waals surface area contributed by atoms with Crippen molar-refractivity contribution in [2.24, 2.45) is 0 Å². The van der Waals surface area contributed by atoms with Crippen molar-refractivity contribution in [3.8, 4) is 0 Å². The molecule has 0 fully saturated rings. The van der Waals surface area contributed by atoms with Gasteiger partial charge in [-0.2, -0.15) is 22.0 Å². The minimum atomic E-state index is -5.72. The Morgan fingerprint density at radius 3 is 2.07 bits per heavy atom. The number of rotatable bonds is 1. The van der Waals surface area contributed by atoms with Crippen LogP contribution < -0.4 is 0 Å². The summed E-state index contributed by atoms with van der Waals surface area (Å²) in [6, 6.07) is 0. The SMILES string of the molecule is OC1(C(F)(F)C(F)(F)F)C=CCCC1. The second-order valence-electron chi connectivity index (χ2n) is 3.29. The van der Waals surface area contributed by atoms with E-state index >= 15 is 0 Å². The Morgan fingerprint density at radius 1 is 1.14 bits per heavy atom. The van der Waals surface area contributed by atoms with E-state index in [9.17, 15) is 27.1 Å². The second kappa shape index (κ2) is 3.18. The largest absolute Gasteiger partial charge is 0.456 e. The normalized spacial score (nSPS) is 29.3. The zero-order valence-corrected chi connectivity index (χ0v) is 7.11. The molecule has 0 saturated heterocycles. The smallest absolute Gasteiger partial charge is 0.379 e. The minimum Gasteiger partial charge on any atom is -0.379 e. The van der Waals surface area contributed by atoms with Gasteiger partial charge in [0.1, 0.15) is 0 Å². The average molecular weight is 216 g/mol. The van der Waals surface area contributed by atoms with Gasteiger partial charge in [-0.1, -0.05) is 12.2 Å². The van der Waals surface area contributed by atoms with Gasteiger partial charge in [0.25, 0.3) is 0 Å². The summed E-state index contributed by atoms with van der Waals surface area (Å²) >= 11 is 0. The summed E-state index contributed by atoms with van der Waals surface area (Å²) in [5.41, 5.74) is -3.08. The van der Waals surface area contributed by atoms with E-state index in [-0.39, 0.29) is 6.42 Å². The van der Waals surface area contributed by atoms with Crippen molar-refractivity contribution in [2.75, 3.05) is 0 Å². The van der Waals surface area contributed by atoms with Crippen LogP contribution in [0.5, 0.6) is 0 Å². The summed E-state index contributed by atoms with van der Waals surface area (Å²) in [5.74, 6) is -5.09.